The van der Waals surface area contributed by atoms with E-state index >= 15 is 0 Å². The van der Waals surface area contributed by atoms with Crippen LogP contribution in [-0.4, -0.2) is 33.0 Å². The third-order valence-corrected chi connectivity index (χ3v) is 5.85. The maximum absolute atomic E-state index is 13.1. The molecule has 0 radical (unpaired) electrons. The summed E-state index contributed by atoms with van der Waals surface area (Å²) in [7, 11) is 1.86. The first kappa shape index (κ1) is 22.5. The summed E-state index contributed by atoms with van der Waals surface area (Å²) >= 11 is 0. The predicted molar refractivity (Wildman–Crippen MR) is 125 cm³/mol. The highest BCUT2D eigenvalue weighted by atomic mass is 19.4. The number of nitrogens with zero attached hydrogens (tertiary/aromatic N) is 3. The van der Waals surface area contributed by atoms with Crippen molar-refractivity contribution in [1.29, 1.82) is 0 Å². The van der Waals surface area contributed by atoms with Crippen LogP contribution in [0, 0.1) is 0 Å². The summed E-state index contributed by atoms with van der Waals surface area (Å²) in [5.74, 6) is -0.910. The van der Waals surface area contributed by atoms with Crippen LogP contribution < -0.4 is 10.6 Å². The molecule has 2 heterocycles. The number of hydrogen-bond acceptors (Lipinski definition) is 4. The molecule has 2 N–H and O–H groups in total. The second-order valence-electron chi connectivity index (χ2n) is 8.29. The van der Waals surface area contributed by atoms with Gasteiger partial charge >= 0.3 is 6.18 Å². The first-order valence-electron chi connectivity index (χ1n) is 10.8. The molecule has 2 amide bonds. The van der Waals surface area contributed by atoms with Gasteiger partial charge in [0, 0.05) is 30.4 Å². The Hall–Kier alpha value is -4.34. The summed E-state index contributed by atoms with van der Waals surface area (Å²) in [5, 5.41) is 10.9. The Morgan fingerprint density at radius 1 is 1.06 bits per heavy atom. The van der Waals surface area contributed by atoms with Gasteiger partial charge in [-0.3, -0.25) is 14.3 Å². The molecule has 3 aromatic carbocycles. The third-order valence-electron chi connectivity index (χ3n) is 5.85. The predicted octanol–water partition coefficient (Wildman–Crippen LogP) is 4.93. The molecule has 0 saturated heterocycles. The lowest BCUT2D eigenvalue weighted by Crippen LogP contribution is -2.33. The van der Waals surface area contributed by atoms with Crippen molar-refractivity contribution in [3.05, 3.63) is 83.6 Å². The summed E-state index contributed by atoms with van der Waals surface area (Å²) < 4.78 is 40.6. The number of fused-ring (bicyclic) bond motifs is 2. The quantitative estimate of drug-likeness (QED) is 0.426. The van der Waals surface area contributed by atoms with Crippen molar-refractivity contribution in [2.45, 2.75) is 12.7 Å². The van der Waals surface area contributed by atoms with Crippen LogP contribution in [0.5, 0.6) is 0 Å². The van der Waals surface area contributed by atoms with E-state index in [0.717, 1.165) is 34.3 Å². The lowest BCUT2D eigenvalue weighted by molar-refractivity contribution is -0.137. The smallest absolute Gasteiger partial charge is 0.355 e. The van der Waals surface area contributed by atoms with Crippen molar-refractivity contribution in [1.82, 2.24) is 14.7 Å². The van der Waals surface area contributed by atoms with Crippen LogP contribution in [0.25, 0.3) is 10.9 Å². The third kappa shape index (κ3) is 4.42. The normalized spacial score (nSPS) is 13.3. The number of hydrogen-bond donors (Lipinski definition) is 2. The standard InChI is InChI=1S/C25H20F3N5O2/c1-32-21-9-8-19(10-16(21)12-29-32)30-20-7-2-4-15-13-33(24(35)23(15)20)14-22(34)31-18-6-3-5-17(11-18)25(26,27)28/h2-12,30H,13-14H2,1H3,(H,31,34). The Bertz CT molecular complexity index is 1460. The van der Waals surface area contributed by atoms with E-state index in [2.05, 4.69) is 15.7 Å². The summed E-state index contributed by atoms with van der Waals surface area (Å²) in [6.07, 6.45) is -2.76. The monoisotopic (exact) mass is 479 g/mol. The van der Waals surface area contributed by atoms with E-state index in [1.807, 2.05) is 37.4 Å². The number of aromatic nitrogens is 2. The lowest BCUT2D eigenvalue weighted by Gasteiger charge is -2.16. The van der Waals surface area contributed by atoms with E-state index in [-0.39, 0.29) is 24.7 Å². The van der Waals surface area contributed by atoms with Gasteiger partial charge in [-0.2, -0.15) is 18.3 Å². The molecule has 0 fully saturated rings. The van der Waals surface area contributed by atoms with Crippen molar-refractivity contribution < 1.29 is 22.8 Å². The molecule has 1 aromatic heterocycles. The minimum atomic E-state index is -4.52. The fourth-order valence-corrected chi connectivity index (χ4v) is 4.20. The van der Waals surface area contributed by atoms with E-state index in [9.17, 15) is 22.8 Å². The molecule has 178 valence electrons. The Kier molecular flexibility index (Phi) is 5.43. The second-order valence-corrected chi connectivity index (χ2v) is 8.29. The number of carbonyl (C=O) groups is 2. The van der Waals surface area contributed by atoms with Crippen molar-refractivity contribution in [3.63, 3.8) is 0 Å². The average molecular weight is 479 g/mol. The topological polar surface area (TPSA) is 79.3 Å². The van der Waals surface area contributed by atoms with Crippen molar-refractivity contribution >= 4 is 39.8 Å². The number of nitrogens with one attached hydrogen (secondary N) is 2. The average Bonchev–Trinajstić information content (AvgIpc) is 3.33. The maximum Gasteiger partial charge on any atom is 0.416 e. The molecule has 1 aliphatic rings. The van der Waals surface area contributed by atoms with Gasteiger partial charge in [-0.25, -0.2) is 0 Å². The minimum Gasteiger partial charge on any atom is -0.355 e. The van der Waals surface area contributed by atoms with Gasteiger partial charge in [0.15, 0.2) is 0 Å². The van der Waals surface area contributed by atoms with Crippen LogP contribution in [-0.2, 0) is 24.6 Å². The number of benzene rings is 3. The molecule has 0 atom stereocenters. The van der Waals surface area contributed by atoms with Gasteiger partial charge in [-0.1, -0.05) is 18.2 Å². The van der Waals surface area contributed by atoms with Crippen LogP contribution in [0.1, 0.15) is 21.5 Å². The van der Waals surface area contributed by atoms with E-state index < -0.39 is 17.6 Å². The molecule has 4 aromatic rings. The Labute approximate surface area is 198 Å². The van der Waals surface area contributed by atoms with Crippen LogP contribution in [0.15, 0.2) is 66.9 Å². The van der Waals surface area contributed by atoms with Gasteiger partial charge in [-0.15, -0.1) is 0 Å². The van der Waals surface area contributed by atoms with Crippen LogP contribution in [0.3, 0.4) is 0 Å². The number of rotatable bonds is 5. The highest BCUT2D eigenvalue weighted by Gasteiger charge is 2.32. The molecule has 5 rings (SSSR count). The Morgan fingerprint density at radius 3 is 2.66 bits per heavy atom. The van der Waals surface area contributed by atoms with Gasteiger partial charge < -0.3 is 15.5 Å². The molecule has 0 unspecified atom stereocenters. The zero-order valence-corrected chi connectivity index (χ0v) is 18.6. The number of carbonyl (C=O) groups excluding carboxylic acids is 2. The highest BCUT2D eigenvalue weighted by Crippen LogP contribution is 2.33. The largest absolute Gasteiger partial charge is 0.416 e. The summed E-state index contributed by atoms with van der Waals surface area (Å²) in [6.45, 7) is -0.0633. The molecule has 7 nitrogen and oxygen atoms in total. The van der Waals surface area contributed by atoms with Gasteiger partial charge in [0.2, 0.25) is 5.91 Å². The second kappa shape index (κ2) is 8.46. The highest BCUT2D eigenvalue weighted by molar-refractivity contribution is 6.06. The molecular formula is C25H20F3N5O2. The van der Waals surface area contributed by atoms with E-state index in [1.54, 1.807) is 16.9 Å². The molecule has 0 spiro atoms. The summed E-state index contributed by atoms with van der Waals surface area (Å²) in [5.41, 5.74) is 2.74. The number of halogens is 3. The Balaban J connectivity index is 1.30. The number of aryl methyl sites for hydroxylation is 1. The van der Waals surface area contributed by atoms with Gasteiger partial charge in [0.05, 0.1) is 28.5 Å². The fraction of sp³-hybridized carbons (Fsp3) is 0.160. The van der Waals surface area contributed by atoms with E-state index in [4.69, 9.17) is 0 Å². The van der Waals surface area contributed by atoms with Crippen molar-refractivity contribution in [3.8, 4) is 0 Å². The van der Waals surface area contributed by atoms with Crippen molar-refractivity contribution in [2.75, 3.05) is 17.2 Å². The molecule has 0 saturated carbocycles. The van der Waals surface area contributed by atoms with Gasteiger partial charge in [0.1, 0.15) is 6.54 Å². The van der Waals surface area contributed by atoms with Crippen LogP contribution >= 0.6 is 0 Å². The van der Waals surface area contributed by atoms with Gasteiger partial charge in [0.25, 0.3) is 5.91 Å². The maximum atomic E-state index is 13.1. The molecule has 1 aliphatic heterocycles. The summed E-state index contributed by atoms with van der Waals surface area (Å²) in [4.78, 5) is 27.0. The molecule has 10 heteroatoms. The number of anilines is 3. The zero-order valence-electron chi connectivity index (χ0n) is 18.6. The fourth-order valence-electron chi connectivity index (χ4n) is 4.20. The number of alkyl halides is 3. The van der Waals surface area contributed by atoms with Crippen LogP contribution in [0.2, 0.25) is 0 Å². The van der Waals surface area contributed by atoms with E-state index in [1.165, 1.54) is 17.0 Å². The van der Waals surface area contributed by atoms with E-state index in [0.29, 0.717) is 11.3 Å². The minimum absolute atomic E-state index is 0.0159. The van der Waals surface area contributed by atoms with Crippen molar-refractivity contribution in [2.24, 2.45) is 7.05 Å². The molecule has 0 aliphatic carbocycles. The SMILES string of the molecule is Cn1ncc2cc(Nc3cccc4c3C(=O)N(CC(=O)Nc3cccc(C(F)(F)F)c3)C4)ccc21. The Morgan fingerprint density at radius 2 is 1.86 bits per heavy atom. The van der Waals surface area contributed by atoms with Crippen LogP contribution in [0.4, 0.5) is 30.2 Å². The first-order chi connectivity index (χ1) is 16.7. The molecular weight excluding hydrogens is 459 g/mol. The van der Waals surface area contributed by atoms with Gasteiger partial charge in [-0.05, 0) is 48.0 Å². The molecule has 35 heavy (non-hydrogen) atoms. The number of amides is 2. The summed E-state index contributed by atoms with van der Waals surface area (Å²) in [6, 6.07) is 15.6. The zero-order chi connectivity index (χ0) is 24.7. The molecule has 0 bridgehead atoms. The first-order valence-corrected chi connectivity index (χ1v) is 10.8. The lowest BCUT2D eigenvalue weighted by atomic mass is 10.1.